The molecule has 86 valence electrons. The monoisotopic (exact) mass is 243 g/mol. The predicted molar refractivity (Wildman–Crippen MR) is 59.2 cm³/mol. The number of carbonyl (C=O) groups excluding carboxylic acids is 1. The van der Waals surface area contributed by atoms with Gasteiger partial charge in [0.1, 0.15) is 11.6 Å². The first kappa shape index (κ1) is 11.4. The van der Waals surface area contributed by atoms with Gasteiger partial charge in [0.15, 0.2) is 0 Å². The van der Waals surface area contributed by atoms with Gasteiger partial charge in [-0.1, -0.05) is 0 Å². The lowest BCUT2D eigenvalue weighted by atomic mass is 10.2. The van der Waals surface area contributed by atoms with Crippen molar-refractivity contribution in [3.8, 4) is 0 Å². The van der Waals surface area contributed by atoms with Crippen molar-refractivity contribution in [2.75, 3.05) is 6.54 Å². The molecular weight excluding hydrogens is 232 g/mol. The third kappa shape index (κ3) is 2.52. The van der Waals surface area contributed by atoms with Gasteiger partial charge >= 0.3 is 0 Å². The first-order valence-electron chi connectivity index (χ1n) is 4.95. The van der Waals surface area contributed by atoms with E-state index < -0.39 is 11.6 Å². The van der Waals surface area contributed by atoms with E-state index in [4.69, 9.17) is 0 Å². The number of hydrogen-bond donors (Lipinski definition) is 1. The summed E-state index contributed by atoms with van der Waals surface area (Å²) in [6.45, 7) is 0.769. The molecule has 0 spiro atoms. The van der Waals surface area contributed by atoms with E-state index in [1.165, 1.54) is 12.1 Å². The molecule has 16 heavy (non-hydrogen) atoms. The van der Waals surface area contributed by atoms with Crippen LogP contribution in [0, 0.1) is 11.6 Å². The predicted octanol–water partition coefficient (Wildman–Crippen LogP) is 2.00. The molecule has 1 unspecified atom stereocenters. The number of benzene rings is 1. The topological polar surface area (TPSA) is 20.3 Å². The second-order valence-electron chi connectivity index (χ2n) is 3.91. The zero-order valence-corrected chi connectivity index (χ0v) is 9.38. The Morgan fingerprint density at radius 3 is 2.44 bits per heavy atom. The van der Waals surface area contributed by atoms with Gasteiger partial charge in [0.2, 0.25) is 5.91 Å². The fourth-order valence-corrected chi connectivity index (χ4v) is 2.18. The van der Waals surface area contributed by atoms with E-state index in [-0.39, 0.29) is 17.7 Å². The van der Waals surface area contributed by atoms with Crippen molar-refractivity contribution < 1.29 is 13.6 Å². The molecule has 1 heterocycles. The largest absolute Gasteiger partial charge is 0.337 e. The van der Waals surface area contributed by atoms with Crippen molar-refractivity contribution >= 4 is 18.5 Å². The van der Waals surface area contributed by atoms with E-state index in [1.54, 1.807) is 4.90 Å². The molecule has 0 aromatic heterocycles. The Morgan fingerprint density at radius 2 is 1.94 bits per heavy atom. The zero-order valence-electron chi connectivity index (χ0n) is 8.49. The quantitative estimate of drug-likeness (QED) is 0.788. The molecule has 0 N–H and O–H groups in total. The number of thiol groups is 1. The molecule has 1 fully saturated rings. The Bertz CT molecular complexity index is 404. The third-order valence-electron chi connectivity index (χ3n) is 2.49. The Balaban J connectivity index is 2.12. The fourth-order valence-electron chi connectivity index (χ4n) is 1.83. The van der Waals surface area contributed by atoms with Crippen LogP contribution in [0.1, 0.15) is 12.0 Å². The SMILES string of the molecule is O=C1CC(S)CN1Cc1cc(F)cc(F)c1. The average molecular weight is 243 g/mol. The van der Waals surface area contributed by atoms with Crippen LogP contribution in [0.2, 0.25) is 0 Å². The minimum atomic E-state index is -0.621. The first-order valence-corrected chi connectivity index (χ1v) is 5.47. The molecule has 0 saturated carbocycles. The third-order valence-corrected chi connectivity index (χ3v) is 2.84. The summed E-state index contributed by atoms with van der Waals surface area (Å²) in [6.07, 6.45) is 0.390. The van der Waals surface area contributed by atoms with Gasteiger partial charge in [-0.3, -0.25) is 4.79 Å². The zero-order chi connectivity index (χ0) is 11.7. The van der Waals surface area contributed by atoms with Crippen LogP contribution in [0.3, 0.4) is 0 Å². The number of carbonyl (C=O) groups is 1. The van der Waals surface area contributed by atoms with E-state index in [0.29, 0.717) is 18.5 Å². The number of halogens is 2. The van der Waals surface area contributed by atoms with Crippen LogP contribution in [-0.2, 0) is 11.3 Å². The molecule has 1 aliphatic heterocycles. The molecule has 1 amide bonds. The molecule has 0 bridgehead atoms. The number of amides is 1. The molecule has 0 radical (unpaired) electrons. The molecule has 1 aliphatic rings. The summed E-state index contributed by atoms with van der Waals surface area (Å²) >= 11 is 4.21. The lowest BCUT2D eigenvalue weighted by molar-refractivity contribution is -0.128. The number of hydrogen-bond acceptors (Lipinski definition) is 2. The van der Waals surface area contributed by atoms with Crippen molar-refractivity contribution in [1.29, 1.82) is 0 Å². The summed E-state index contributed by atoms with van der Waals surface area (Å²) in [5.41, 5.74) is 0.466. The molecular formula is C11H11F2NOS. The molecule has 1 aromatic carbocycles. The van der Waals surface area contributed by atoms with E-state index in [9.17, 15) is 13.6 Å². The number of nitrogens with zero attached hydrogens (tertiary/aromatic N) is 1. The maximum absolute atomic E-state index is 12.9. The smallest absolute Gasteiger partial charge is 0.224 e. The Kier molecular flexibility index (Phi) is 3.14. The Hall–Kier alpha value is -1.10. The summed E-state index contributed by atoms with van der Waals surface area (Å²) in [5.74, 6) is -1.27. The highest BCUT2D eigenvalue weighted by molar-refractivity contribution is 7.81. The van der Waals surface area contributed by atoms with Crippen LogP contribution in [0.25, 0.3) is 0 Å². The highest BCUT2D eigenvalue weighted by Crippen LogP contribution is 2.19. The minimum absolute atomic E-state index is 0.0194. The molecule has 0 aliphatic carbocycles. The van der Waals surface area contributed by atoms with E-state index in [1.807, 2.05) is 0 Å². The van der Waals surface area contributed by atoms with Gasteiger partial charge in [0, 0.05) is 30.8 Å². The van der Waals surface area contributed by atoms with Gasteiger partial charge in [-0.2, -0.15) is 12.6 Å². The van der Waals surface area contributed by atoms with Crippen LogP contribution in [-0.4, -0.2) is 22.6 Å². The van der Waals surface area contributed by atoms with Crippen molar-refractivity contribution in [3.05, 3.63) is 35.4 Å². The van der Waals surface area contributed by atoms with Crippen LogP contribution in [0.15, 0.2) is 18.2 Å². The van der Waals surface area contributed by atoms with E-state index >= 15 is 0 Å². The van der Waals surface area contributed by atoms with Crippen LogP contribution in [0.5, 0.6) is 0 Å². The van der Waals surface area contributed by atoms with Crippen LogP contribution >= 0.6 is 12.6 Å². The Morgan fingerprint density at radius 1 is 1.31 bits per heavy atom. The maximum atomic E-state index is 12.9. The molecule has 1 saturated heterocycles. The maximum Gasteiger partial charge on any atom is 0.224 e. The highest BCUT2D eigenvalue weighted by atomic mass is 32.1. The van der Waals surface area contributed by atoms with Gasteiger partial charge in [-0.15, -0.1) is 0 Å². The second-order valence-corrected chi connectivity index (χ2v) is 4.64. The summed E-state index contributed by atoms with van der Waals surface area (Å²) in [5, 5.41) is 0.0194. The second kappa shape index (κ2) is 4.41. The van der Waals surface area contributed by atoms with Crippen molar-refractivity contribution in [2.24, 2.45) is 0 Å². The van der Waals surface area contributed by atoms with Gasteiger partial charge in [-0.05, 0) is 17.7 Å². The summed E-state index contributed by atoms with van der Waals surface area (Å²) in [6, 6.07) is 3.29. The van der Waals surface area contributed by atoms with Gasteiger partial charge in [0.05, 0.1) is 0 Å². The van der Waals surface area contributed by atoms with Crippen molar-refractivity contribution in [1.82, 2.24) is 4.90 Å². The standard InChI is InChI=1S/C11H11F2NOS/c12-8-1-7(2-9(13)3-8)5-14-6-10(16)4-11(14)15/h1-3,10,16H,4-6H2. The van der Waals surface area contributed by atoms with Crippen LogP contribution < -0.4 is 0 Å². The normalized spacial score (nSPS) is 20.6. The summed E-state index contributed by atoms with van der Waals surface area (Å²) in [4.78, 5) is 13.0. The summed E-state index contributed by atoms with van der Waals surface area (Å²) < 4.78 is 25.8. The Labute approximate surface area is 97.7 Å². The number of likely N-dealkylation sites (tertiary alicyclic amines) is 1. The molecule has 1 atom stereocenters. The fraction of sp³-hybridized carbons (Fsp3) is 0.364. The molecule has 2 rings (SSSR count). The number of rotatable bonds is 2. The highest BCUT2D eigenvalue weighted by Gasteiger charge is 2.27. The molecule has 2 nitrogen and oxygen atoms in total. The van der Waals surface area contributed by atoms with E-state index in [2.05, 4.69) is 12.6 Å². The first-order chi connectivity index (χ1) is 7.54. The molecule has 5 heteroatoms. The van der Waals surface area contributed by atoms with Gasteiger partial charge < -0.3 is 4.90 Å². The summed E-state index contributed by atoms with van der Waals surface area (Å²) in [7, 11) is 0. The average Bonchev–Trinajstić information content (AvgIpc) is 2.43. The molecule has 1 aromatic rings. The minimum Gasteiger partial charge on any atom is -0.337 e. The van der Waals surface area contributed by atoms with Crippen LogP contribution in [0.4, 0.5) is 8.78 Å². The lowest BCUT2D eigenvalue weighted by Crippen LogP contribution is -2.24. The van der Waals surface area contributed by atoms with E-state index in [0.717, 1.165) is 6.07 Å². The van der Waals surface area contributed by atoms with Crippen molar-refractivity contribution in [3.63, 3.8) is 0 Å². The van der Waals surface area contributed by atoms with Gasteiger partial charge in [-0.25, -0.2) is 8.78 Å². The lowest BCUT2D eigenvalue weighted by Gasteiger charge is -2.15. The van der Waals surface area contributed by atoms with Crippen molar-refractivity contribution in [2.45, 2.75) is 18.2 Å². The van der Waals surface area contributed by atoms with Gasteiger partial charge in [0.25, 0.3) is 0 Å².